The van der Waals surface area contributed by atoms with Crippen molar-refractivity contribution in [2.24, 2.45) is 0 Å². The highest BCUT2D eigenvalue weighted by Crippen LogP contribution is 2.26. The minimum absolute atomic E-state index is 0.0192. The summed E-state index contributed by atoms with van der Waals surface area (Å²) in [6, 6.07) is 4.61. The molecule has 0 spiro atoms. The first kappa shape index (κ1) is 14.4. The molecular weight excluding hydrogens is 275 g/mol. The van der Waals surface area contributed by atoms with Crippen LogP contribution in [0, 0.1) is 0 Å². The van der Waals surface area contributed by atoms with Crippen LogP contribution in [0.5, 0.6) is 0 Å². The number of halogens is 3. The zero-order valence-corrected chi connectivity index (χ0v) is 10.4. The fraction of sp³-hybridized carbons (Fsp3) is 0.385. The number of benzene rings is 1. The van der Waals surface area contributed by atoms with Crippen molar-refractivity contribution in [2.45, 2.75) is 25.6 Å². The van der Waals surface area contributed by atoms with Gasteiger partial charge in [-0.2, -0.15) is 13.2 Å². The number of hydrogen-bond donors (Lipinski definition) is 1. The number of fused-ring (bicyclic) bond motifs is 1. The molecule has 0 atom stereocenters. The molecule has 0 fully saturated rings. The molecule has 0 radical (unpaired) electrons. The zero-order valence-electron chi connectivity index (χ0n) is 10.4. The van der Waals surface area contributed by atoms with Crippen LogP contribution in [-0.2, 0) is 17.8 Å². The van der Waals surface area contributed by atoms with Crippen molar-refractivity contribution >= 4 is 11.9 Å². The number of carbonyl (C=O) groups is 2. The Morgan fingerprint density at radius 3 is 2.60 bits per heavy atom. The van der Waals surface area contributed by atoms with Crippen LogP contribution in [-0.4, -0.2) is 34.6 Å². The van der Waals surface area contributed by atoms with Crippen LogP contribution in [0.4, 0.5) is 13.2 Å². The van der Waals surface area contributed by atoms with Gasteiger partial charge in [-0.05, 0) is 23.6 Å². The lowest BCUT2D eigenvalue weighted by Gasteiger charge is -2.30. The smallest absolute Gasteiger partial charge is 0.397 e. The maximum atomic E-state index is 12.2. The standard InChI is InChI=1S/C13H12F3NO3/c14-13(15,16)6-11(18)17-5-4-9-8(7-17)2-1-3-10(9)12(19)20/h1-3H,4-7H2,(H,19,20). The van der Waals surface area contributed by atoms with Crippen LogP contribution in [0.15, 0.2) is 18.2 Å². The molecule has 1 heterocycles. The largest absolute Gasteiger partial charge is 0.478 e. The van der Waals surface area contributed by atoms with Crippen molar-refractivity contribution in [1.82, 2.24) is 4.90 Å². The van der Waals surface area contributed by atoms with Crippen LogP contribution in [0.2, 0.25) is 0 Å². The molecule has 20 heavy (non-hydrogen) atoms. The van der Waals surface area contributed by atoms with Crippen LogP contribution >= 0.6 is 0 Å². The van der Waals surface area contributed by atoms with E-state index in [-0.39, 0.29) is 25.1 Å². The lowest BCUT2D eigenvalue weighted by molar-refractivity contribution is -0.162. The third-order valence-electron chi connectivity index (χ3n) is 3.20. The lowest BCUT2D eigenvalue weighted by atomic mass is 9.94. The summed E-state index contributed by atoms with van der Waals surface area (Å²) in [4.78, 5) is 23.7. The van der Waals surface area contributed by atoms with Crippen molar-refractivity contribution in [3.63, 3.8) is 0 Å². The average Bonchev–Trinajstić information content (AvgIpc) is 2.35. The number of alkyl halides is 3. The summed E-state index contributed by atoms with van der Waals surface area (Å²) in [6.07, 6.45) is -5.76. The van der Waals surface area contributed by atoms with Gasteiger partial charge in [-0.3, -0.25) is 4.79 Å². The predicted octanol–water partition coefficient (Wildman–Crippen LogP) is 2.22. The minimum atomic E-state index is -4.53. The molecule has 0 aliphatic carbocycles. The number of nitrogens with zero attached hydrogens (tertiary/aromatic N) is 1. The number of hydrogen-bond acceptors (Lipinski definition) is 2. The van der Waals surface area contributed by atoms with Gasteiger partial charge in [-0.15, -0.1) is 0 Å². The minimum Gasteiger partial charge on any atom is -0.478 e. The summed E-state index contributed by atoms with van der Waals surface area (Å²) in [6.45, 7) is 0.123. The van der Waals surface area contributed by atoms with Crippen LogP contribution in [0.3, 0.4) is 0 Å². The van der Waals surface area contributed by atoms with Gasteiger partial charge in [0.25, 0.3) is 0 Å². The molecule has 1 amide bonds. The molecule has 1 aromatic rings. The van der Waals surface area contributed by atoms with Gasteiger partial charge in [0, 0.05) is 13.1 Å². The van der Waals surface area contributed by atoms with Crippen LogP contribution in [0.25, 0.3) is 0 Å². The molecule has 0 bridgehead atoms. The number of carbonyl (C=O) groups excluding carboxylic acids is 1. The van der Waals surface area contributed by atoms with E-state index in [1.165, 1.54) is 12.1 Å². The van der Waals surface area contributed by atoms with Crippen molar-refractivity contribution in [2.75, 3.05) is 6.54 Å². The Balaban J connectivity index is 2.18. The highest BCUT2D eigenvalue weighted by atomic mass is 19.4. The Bertz CT molecular complexity index is 554. The SMILES string of the molecule is O=C(O)c1cccc2c1CCN(C(=O)CC(F)(F)F)C2. The first-order chi connectivity index (χ1) is 9.28. The highest BCUT2D eigenvalue weighted by Gasteiger charge is 2.34. The number of carboxylic acids is 1. The maximum Gasteiger partial charge on any atom is 0.397 e. The van der Waals surface area contributed by atoms with Crippen molar-refractivity contribution in [3.8, 4) is 0 Å². The van der Waals surface area contributed by atoms with Crippen molar-refractivity contribution in [1.29, 1.82) is 0 Å². The topological polar surface area (TPSA) is 57.6 Å². The fourth-order valence-corrected chi connectivity index (χ4v) is 2.31. The third-order valence-corrected chi connectivity index (χ3v) is 3.20. The average molecular weight is 287 g/mol. The number of aromatic carboxylic acids is 1. The predicted molar refractivity (Wildman–Crippen MR) is 63.2 cm³/mol. The summed E-state index contributed by atoms with van der Waals surface area (Å²) in [5.41, 5.74) is 1.33. The van der Waals surface area contributed by atoms with Gasteiger partial charge in [0.15, 0.2) is 0 Å². The molecule has 1 aliphatic heterocycles. The molecule has 7 heteroatoms. The summed E-state index contributed by atoms with van der Waals surface area (Å²) in [5.74, 6) is -2.05. The van der Waals surface area contributed by atoms with Gasteiger partial charge in [-0.1, -0.05) is 12.1 Å². The first-order valence-electron chi connectivity index (χ1n) is 5.96. The molecule has 0 unspecified atom stereocenters. The fourth-order valence-electron chi connectivity index (χ4n) is 2.31. The molecule has 108 valence electrons. The second-order valence-corrected chi connectivity index (χ2v) is 4.61. The summed E-state index contributed by atoms with van der Waals surface area (Å²) < 4.78 is 36.6. The second-order valence-electron chi connectivity index (χ2n) is 4.61. The molecule has 0 aromatic heterocycles. The van der Waals surface area contributed by atoms with Gasteiger partial charge >= 0.3 is 12.1 Å². The van der Waals surface area contributed by atoms with E-state index in [0.29, 0.717) is 11.1 Å². The number of amides is 1. The van der Waals surface area contributed by atoms with E-state index < -0.39 is 24.5 Å². The Hall–Kier alpha value is -2.05. The van der Waals surface area contributed by atoms with Crippen LogP contribution in [0.1, 0.15) is 27.9 Å². The third kappa shape index (κ3) is 3.09. The monoisotopic (exact) mass is 287 g/mol. The van der Waals surface area contributed by atoms with Gasteiger partial charge in [0.1, 0.15) is 6.42 Å². The molecule has 0 saturated carbocycles. The number of carboxylic acid groups (broad SMARTS) is 1. The Labute approximate surface area is 112 Å². The molecule has 1 aliphatic rings. The second kappa shape index (κ2) is 5.15. The Kier molecular flexibility index (Phi) is 3.69. The normalized spacial score (nSPS) is 14.8. The zero-order chi connectivity index (χ0) is 14.9. The summed E-state index contributed by atoms with van der Waals surface area (Å²) >= 11 is 0. The summed E-state index contributed by atoms with van der Waals surface area (Å²) in [7, 11) is 0. The first-order valence-corrected chi connectivity index (χ1v) is 5.96. The molecule has 1 aromatic carbocycles. The Morgan fingerprint density at radius 1 is 1.30 bits per heavy atom. The quantitative estimate of drug-likeness (QED) is 0.907. The number of rotatable bonds is 2. The van der Waals surface area contributed by atoms with Gasteiger partial charge in [0.05, 0.1) is 5.56 Å². The van der Waals surface area contributed by atoms with Crippen LogP contribution < -0.4 is 0 Å². The van der Waals surface area contributed by atoms with E-state index in [0.717, 1.165) is 4.90 Å². The van der Waals surface area contributed by atoms with E-state index >= 15 is 0 Å². The lowest BCUT2D eigenvalue weighted by Crippen LogP contribution is -2.38. The summed E-state index contributed by atoms with van der Waals surface area (Å²) in [5, 5.41) is 9.04. The van der Waals surface area contributed by atoms with E-state index in [4.69, 9.17) is 5.11 Å². The molecular formula is C13H12F3NO3. The molecule has 0 saturated heterocycles. The van der Waals surface area contributed by atoms with E-state index in [1.54, 1.807) is 6.07 Å². The van der Waals surface area contributed by atoms with Gasteiger partial charge in [0.2, 0.25) is 5.91 Å². The van der Waals surface area contributed by atoms with E-state index in [2.05, 4.69) is 0 Å². The van der Waals surface area contributed by atoms with Crippen molar-refractivity contribution < 1.29 is 27.9 Å². The molecule has 1 N–H and O–H groups in total. The Morgan fingerprint density at radius 2 is 2.00 bits per heavy atom. The highest BCUT2D eigenvalue weighted by molar-refractivity contribution is 5.90. The molecule has 2 rings (SSSR count). The van der Waals surface area contributed by atoms with E-state index in [9.17, 15) is 22.8 Å². The van der Waals surface area contributed by atoms with Gasteiger partial charge < -0.3 is 10.0 Å². The van der Waals surface area contributed by atoms with E-state index in [1.807, 2.05) is 0 Å². The maximum absolute atomic E-state index is 12.2. The van der Waals surface area contributed by atoms with Crippen molar-refractivity contribution in [3.05, 3.63) is 34.9 Å². The molecule has 4 nitrogen and oxygen atoms in total. The van der Waals surface area contributed by atoms with Gasteiger partial charge in [-0.25, -0.2) is 4.79 Å².